The standard InChI is InChI=1S/C18H16FN7O/c19-12-5-7-24(9-12)16-4-3-13(8-20-16)26-10-14-15(23-26)11-25(18(14)27)17-2-1-6-21-22-17/h1-4,6,8,10,12H,5,7,9,11H2/t12-/m1/s1. The molecule has 0 saturated carbocycles. The SMILES string of the molecule is O=C1c2cn(-c3ccc(N4CC[C@@H](F)C4)nc3)nc2CN1c1cccnn1. The van der Waals surface area contributed by atoms with Crippen molar-refractivity contribution >= 4 is 17.5 Å². The minimum atomic E-state index is -0.788. The van der Waals surface area contributed by atoms with Crippen LogP contribution in [0.5, 0.6) is 0 Å². The van der Waals surface area contributed by atoms with Gasteiger partial charge in [-0.25, -0.2) is 14.1 Å². The summed E-state index contributed by atoms with van der Waals surface area (Å²) in [4.78, 5) is 20.6. The number of carbonyl (C=O) groups is 1. The van der Waals surface area contributed by atoms with E-state index in [4.69, 9.17) is 0 Å². The van der Waals surface area contributed by atoms with Gasteiger partial charge in [0.2, 0.25) is 0 Å². The predicted octanol–water partition coefficient (Wildman–Crippen LogP) is 1.77. The van der Waals surface area contributed by atoms with Crippen LogP contribution in [0.1, 0.15) is 22.5 Å². The van der Waals surface area contributed by atoms with E-state index in [0.717, 1.165) is 11.5 Å². The van der Waals surface area contributed by atoms with Gasteiger partial charge in [0.25, 0.3) is 5.91 Å². The lowest BCUT2D eigenvalue weighted by Gasteiger charge is -2.16. The number of alkyl halides is 1. The fraction of sp³-hybridized carbons (Fsp3) is 0.278. The van der Waals surface area contributed by atoms with E-state index in [2.05, 4.69) is 20.3 Å². The van der Waals surface area contributed by atoms with E-state index in [1.54, 1.807) is 40.3 Å². The molecule has 136 valence electrons. The Morgan fingerprint density at radius 2 is 2.11 bits per heavy atom. The van der Waals surface area contributed by atoms with Crippen LogP contribution in [0.25, 0.3) is 5.69 Å². The molecule has 27 heavy (non-hydrogen) atoms. The largest absolute Gasteiger partial charge is 0.354 e. The van der Waals surface area contributed by atoms with E-state index in [1.165, 1.54) is 0 Å². The second-order valence-corrected chi connectivity index (χ2v) is 6.61. The van der Waals surface area contributed by atoms with Crippen LogP contribution in [0.2, 0.25) is 0 Å². The van der Waals surface area contributed by atoms with Crippen molar-refractivity contribution in [2.24, 2.45) is 0 Å². The molecule has 0 aliphatic carbocycles. The van der Waals surface area contributed by atoms with Gasteiger partial charge in [-0.3, -0.25) is 9.69 Å². The summed E-state index contributed by atoms with van der Waals surface area (Å²) in [5.41, 5.74) is 1.99. The van der Waals surface area contributed by atoms with Crippen LogP contribution in [0.3, 0.4) is 0 Å². The molecule has 9 heteroatoms. The molecule has 3 aromatic heterocycles. The summed E-state index contributed by atoms with van der Waals surface area (Å²) in [5, 5.41) is 12.3. The van der Waals surface area contributed by atoms with Crippen molar-refractivity contribution in [2.75, 3.05) is 22.9 Å². The maximum Gasteiger partial charge on any atom is 0.263 e. The summed E-state index contributed by atoms with van der Waals surface area (Å²) in [6.07, 6.45) is 4.71. The fourth-order valence-corrected chi connectivity index (χ4v) is 3.45. The minimum Gasteiger partial charge on any atom is -0.354 e. The van der Waals surface area contributed by atoms with E-state index in [-0.39, 0.29) is 5.91 Å². The number of carbonyl (C=O) groups excluding carboxylic acids is 1. The summed E-state index contributed by atoms with van der Waals surface area (Å²) in [5.74, 6) is 1.12. The maximum absolute atomic E-state index is 13.4. The van der Waals surface area contributed by atoms with Crippen LogP contribution < -0.4 is 9.80 Å². The summed E-state index contributed by atoms with van der Waals surface area (Å²) in [7, 11) is 0. The molecule has 5 heterocycles. The van der Waals surface area contributed by atoms with Crippen LogP contribution in [-0.2, 0) is 6.54 Å². The van der Waals surface area contributed by atoms with Gasteiger partial charge >= 0.3 is 0 Å². The van der Waals surface area contributed by atoms with E-state index in [9.17, 15) is 9.18 Å². The Labute approximate surface area is 154 Å². The van der Waals surface area contributed by atoms with Crippen molar-refractivity contribution in [1.29, 1.82) is 0 Å². The third kappa shape index (κ3) is 2.71. The first-order valence-corrected chi connectivity index (χ1v) is 8.72. The van der Waals surface area contributed by atoms with Gasteiger partial charge < -0.3 is 4.90 Å². The minimum absolute atomic E-state index is 0.146. The highest BCUT2D eigenvalue weighted by Gasteiger charge is 2.33. The van der Waals surface area contributed by atoms with Gasteiger partial charge in [-0.1, -0.05) is 0 Å². The number of halogens is 1. The number of hydrogen-bond donors (Lipinski definition) is 0. The van der Waals surface area contributed by atoms with Crippen molar-refractivity contribution < 1.29 is 9.18 Å². The van der Waals surface area contributed by atoms with Crippen LogP contribution in [0, 0.1) is 0 Å². The zero-order valence-corrected chi connectivity index (χ0v) is 14.4. The van der Waals surface area contributed by atoms with Gasteiger partial charge in [0.05, 0.1) is 36.2 Å². The second kappa shape index (κ2) is 6.11. The third-order valence-corrected chi connectivity index (χ3v) is 4.86. The molecule has 2 aliphatic heterocycles. The normalized spacial score (nSPS) is 19.0. The smallest absolute Gasteiger partial charge is 0.263 e. The molecule has 1 atom stereocenters. The lowest BCUT2D eigenvalue weighted by molar-refractivity contribution is 0.0995. The van der Waals surface area contributed by atoms with Crippen molar-refractivity contribution in [3.8, 4) is 5.69 Å². The predicted molar refractivity (Wildman–Crippen MR) is 95.6 cm³/mol. The Balaban J connectivity index is 1.37. The molecule has 1 saturated heterocycles. The number of hydrogen-bond acceptors (Lipinski definition) is 6. The molecule has 5 rings (SSSR count). The molecule has 0 unspecified atom stereocenters. The molecule has 0 aromatic carbocycles. The Kier molecular flexibility index (Phi) is 3.59. The van der Waals surface area contributed by atoms with Gasteiger partial charge in [0, 0.05) is 18.9 Å². The van der Waals surface area contributed by atoms with Gasteiger partial charge in [-0.05, 0) is 30.7 Å². The van der Waals surface area contributed by atoms with Gasteiger partial charge in [-0.2, -0.15) is 10.2 Å². The number of fused-ring (bicyclic) bond motifs is 1. The number of nitrogens with zero attached hydrogens (tertiary/aromatic N) is 7. The number of pyridine rings is 1. The van der Waals surface area contributed by atoms with Crippen molar-refractivity contribution in [1.82, 2.24) is 25.0 Å². The highest BCUT2D eigenvalue weighted by Crippen LogP contribution is 2.27. The Morgan fingerprint density at radius 3 is 2.78 bits per heavy atom. The van der Waals surface area contributed by atoms with E-state index in [0.29, 0.717) is 43.1 Å². The molecular formula is C18H16FN7O. The number of amides is 1. The molecule has 0 N–H and O–H groups in total. The quantitative estimate of drug-likeness (QED) is 0.704. The van der Waals surface area contributed by atoms with Crippen LogP contribution >= 0.6 is 0 Å². The molecule has 0 radical (unpaired) electrons. The van der Waals surface area contributed by atoms with E-state index >= 15 is 0 Å². The van der Waals surface area contributed by atoms with Gasteiger partial charge in [0.1, 0.15) is 12.0 Å². The molecule has 3 aromatic rings. The second-order valence-electron chi connectivity index (χ2n) is 6.61. The highest BCUT2D eigenvalue weighted by molar-refractivity contribution is 6.09. The average Bonchev–Trinajstić information content (AvgIpc) is 3.39. The third-order valence-electron chi connectivity index (χ3n) is 4.86. The summed E-state index contributed by atoms with van der Waals surface area (Å²) in [6.45, 7) is 1.42. The molecule has 0 bridgehead atoms. The first-order valence-electron chi connectivity index (χ1n) is 8.72. The Hall–Kier alpha value is -3.36. The lowest BCUT2D eigenvalue weighted by Crippen LogP contribution is -2.25. The van der Waals surface area contributed by atoms with Crippen LogP contribution in [0.4, 0.5) is 16.0 Å². The number of aromatic nitrogens is 5. The monoisotopic (exact) mass is 365 g/mol. The van der Waals surface area contributed by atoms with Gasteiger partial charge in [-0.15, -0.1) is 5.10 Å². The van der Waals surface area contributed by atoms with Crippen molar-refractivity contribution in [2.45, 2.75) is 19.1 Å². The molecule has 2 aliphatic rings. The summed E-state index contributed by atoms with van der Waals surface area (Å²) < 4.78 is 15.0. The molecular weight excluding hydrogens is 349 g/mol. The zero-order chi connectivity index (χ0) is 18.4. The average molecular weight is 365 g/mol. The fourth-order valence-electron chi connectivity index (χ4n) is 3.45. The first kappa shape index (κ1) is 15.9. The Morgan fingerprint density at radius 1 is 1.19 bits per heavy atom. The van der Waals surface area contributed by atoms with Crippen LogP contribution in [-0.4, -0.2) is 50.1 Å². The number of rotatable bonds is 3. The van der Waals surface area contributed by atoms with Crippen molar-refractivity contribution in [3.05, 3.63) is 54.1 Å². The number of anilines is 2. The molecule has 8 nitrogen and oxygen atoms in total. The summed E-state index contributed by atoms with van der Waals surface area (Å²) in [6, 6.07) is 7.22. The van der Waals surface area contributed by atoms with Gasteiger partial charge in [0.15, 0.2) is 5.82 Å². The molecule has 1 amide bonds. The molecule has 0 spiro atoms. The van der Waals surface area contributed by atoms with E-state index < -0.39 is 6.17 Å². The topological polar surface area (TPSA) is 80.0 Å². The van der Waals surface area contributed by atoms with Crippen molar-refractivity contribution in [3.63, 3.8) is 0 Å². The summed E-state index contributed by atoms with van der Waals surface area (Å²) >= 11 is 0. The van der Waals surface area contributed by atoms with E-state index in [1.807, 2.05) is 17.0 Å². The lowest BCUT2D eigenvalue weighted by atomic mass is 10.3. The first-order chi connectivity index (χ1) is 13.2. The molecule has 1 fully saturated rings. The van der Waals surface area contributed by atoms with Crippen LogP contribution in [0.15, 0.2) is 42.9 Å². The Bertz CT molecular complexity index is 989. The highest BCUT2D eigenvalue weighted by atomic mass is 19.1. The maximum atomic E-state index is 13.4. The zero-order valence-electron chi connectivity index (χ0n) is 14.4.